The van der Waals surface area contributed by atoms with Crippen LogP contribution >= 0.6 is 0 Å². The van der Waals surface area contributed by atoms with Crippen LogP contribution in [-0.4, -0.2) is 17.0 Å². The number of amides is 1. The van der Waals surface area contributed by atoms with Crippen molar-refractivity contribution >= 4 is 12.0 Å². The fourth-order valence-electron chi connectivity index (χ4n) is 0.848. The topological polar surface area (TPSA) is 59.4 Å². The summed E-state index contributed by atoms with van der Waals surface area (Å²) in [5, 5.41) is 0. The molecule has 1 aromatic rings. The quantitative estimate of drug-likeness (QED) is 0.476. The van der Waals surface area contributed by atoms with E-state index in [1.165, 1.54) is 12.1 Å². The molecule has 0 aliphatic rings. The van der Waals surface area contributed by atoms with Crippen molar-refractivity contribution in [1.29, 1.82) is 0 Å². The zero-order valence-electron chi connectivity index (χ0n) is 7.37. The zero-order valence-corrected chi connectivity index (χ0v) is 7.37. The molecule has 1 aromatic heterocycles. The number of hydrogen-bond acceptors (Lipinski definition) is 3. The first-order valence-corrected chi connectivity index (χ1v) is 3.71. The summed E-state index contributed by atoms with van der Waals surface area (Å²) in [7, 11) is 0. The van der Waals surface area contributed by atoms with Gasteiger partial charge in [0.15, 0.2) is 0 Å². The van der Waals surface area contributed by atoms with Crippen LogP contribution in [0, 0.1) is 13.8 Å². The van der Waals surface area contributed by atoms with Gasteiger partial charge in [-0.2, -0.15) is 0 Å². The number of isocyanates is 1. The molecule has 1 rings (SSSR count). The van der Waals surface area contributed by atoms with Crippen molar-refractivity contribution < 1.29 is 9.59 Å². The Labute approximate surface area is 75.3 Å². The molecule has 4 heteroatoms. The summed E-state index contributed by atoms with van der Waals surface area (Å²) in [4.78, 5) is 27.7. The van der Waals surface area contributed by atoms with Crippen molar-refractivity contribution in [2.24, 2.45) is 4.99 Å². The van der Waals surface area contributed by atoms with E-state index in [0.29, 0.717) is 0 Å². The first kappa shape index (κ1) is 9.29. The number of carbonyl (C=O) groups is 1. The molecule has 4 nitrogen and oxygen atoms in total. The van der Waals surface area contributed by atoms with Crippen molar-refractivity contribution in [3.8, 4) is 0 Å². The van der Waals surface area contributed by atoms with Crippen LogP contribution in [-0.2, 0) is 4.79 Å². The SMILES string of the molecule is Cc1ccc(C(=O)N=C=O)nc1C. The average molecular weight is 176 g/mol. The largest absolute Gasteiger partial charge is 0.306 e. The summed E-state index contributed by atoms with van der Waals surface area (Å²) in [5.41, 5.74) is 1.92. The molecule has 0 radical (unpaired) electrons. The second-order valence-corrected chi connectivity index (χ2v) is 2.61. The van der Waals surface area contributed by atoms with Gasteiger partial charge < -0.3 is 0 Å². The summed E-state index contributed by atoms with van der Waals surface area (Å²) in [6.07, 6.45) is 1.19. The molecule has 0 atom stereocenters. The highest BCUT2D eigenvalue weighted by Crippen LogP contribution is 2.05. The molecular formula is C9H8N2O2. The Morgan fingerprint density at radius 1 is 1.46 bits per heavy atom. The molecule has 0 fully saturated rings. The van der Waals surface area contributed by atoms with E-state index >= 15 is 0 Å². The Balaban J connectivity index is 3.10. The van der Waals surface area contributed by atoms with Gasteiger partial charge in [0.05, 0.1) is 0 Å². The number of pyridine rings is 1. The molecule has 1 heterocycles. The third kappa shape index (κ3) is 2.07. The molecular weight excluding hydrogens is 168 g/mol. The van der Waals surface area contributed by atoms with E-state index in [1.54, 1.807) is 13.0 Å². The molecule has 0 aliphatic carbocycles. The van der Waals surface area contributed by atoms with Crippen LogP contribution in [0.1, 0.15) is 21.7 Å². The number of nitrogens with zero attached hydrogens (tertiary/aromatic N) is 2. The van der Waals surface area contributed by atoms with E-state index in [-0.39, 0.29) is 5.69 Å². The molecule has 0 saturated carbocycles. The maximum Gasteiger partial charge on any atom is 0.306 e. The van der Waals surface area contributed by atoms with Gasteiger partial charge in [-0.1, -0.05) is 6.07 Å². The van der Waals surface area contributed by atoms with E-state index in [9.17, 15) is 9.59 Å². The maximum atomic E-state index is 11.0. The Bertz CT molecular complexity index is 393. The summed E-state index contributed by atoms with van der Waals surface area (Å²) < 4.78 is 0. The van der Waals surface area contributed by atoms with Gasteiger partial charge >= 0.3 is 5.91 Å². The van der Waals surface area contributed by atoms with Gasteiger partial charge in [0, 0.05) is 5.69 Å². The second kappa shape index (κ2) is 3.74. The number of aliphatic imine (C=N–C) groups is 1. The molecule has 0 saturated heterocycles. The van der Waals surface area contributed by atoms with Gasteiger partial charge in [0.2, 0.25) is 6.08 Å². The van der Waals surface area contributed by atoms with Crippen LogP contribution in [0.25, 0.3) is 0 Å². The van der Waals surface area contributed by atoms with Crippen LogP contribution in [0.3, 0.4) is 0 Å². The molecule has 13 heavy (non-hydrogen) atoms. The minimum atomic E-state index is -0.655. The van der Waals surface area contributed by atoms with Crippen LogP contribution < -0.4 is 0 Å². The number of rotatable bonds is 1. The molecule has 0 aromatic carbocycles. The number of aryl methyl sites for hydroxylation is 2. The highest BCUT2D eigenvalue weighted by Gasteiger charge is 2.06. The van der Waals surface area contributed by atoms with Gasteiger partial charge in [0.25, 0.3) is 0 Å². The molecule has 0 unspecified atom stereocenters. The van der Waals surface area contributed by atoms with Gasteiger partial charge in [-0.3, -0.25) is 4.79 Å². The Kier molecular flexibility index (Phi) is 2.67. The van der Waals surface area contributed by atoms with Gasteiger partial charge in [0.1, 0.15) is 5.69 Å². The monoisotopic (exact) mass is 176 g/mol. The highest BCUT2D eigenvalue weighted by molar-refractivity contribution is 5.95. The number of hydrogen-bond donors (Lipinski definition) is 0. The summed E-state index contributed by atoms with van der Waals surface area (Å²) in [6.45, 7) is 3.68. The van der Waals surface area contributed by atoms with Gasteiger partial charge in [-0.25, -0.2) is 9.78 Å². The molecule has 0 bridgehead atoms. The predicted molar refractivity (Wildman–Crippen MR) is 46.2 cm³/mol. The molecule has 1 amide bonds. The van der Waals surface area contributed by atoms with Gasteiger partial charge in [-0.15, -0.1) is 4.99 Å². The Morgan fingerprint density at radius 3 is 2.69 bits per heavy atom. The van der Waals surface area contributed by atoms with Crippen LogP contribution in [0.2, 0.25) is 0 Å². The molecule has 0 N–H and O–H groups in total. The summed E-state index contributed by atoms with van der Waals surface area (Å²) in [5.74, 6) is -0.655. The van der Waals surface area contributed by atoms with Crippen molar-refractivity contribution in [1.82, 2.24) is 4.98 Å². The lowest BCUT2D eigenvalue weighted by Gasteiger charge is -1.99. The predicted octanol–water partition coefficient (Wildman–Crippen LogP) is 1.17. The van der Waals surface area contributed by atoms with Crippen molar-refractivity contribution in [2.75, 3.05) is 0 Å². The lowest BCUT2D eigenvalue weighted by atomic mass is 10.2. The lowest BCUT2D eigenvalue weighted by Crippen LogP contribution is -2.00. The highest BCUT2D eigenvalue weighted by atomic mass is 16.2. The second-order valence-electron chi connectivity index (χ2n) is 2.61. The number of aromatic nitrogens is 1. The van der Waals surface area contributed by atoms with E-state index in [2.05, 4.69) is 9.98 Å². The molecule has 66 valence electrons. The Morgan fingerprint density at radius 2 is 2.15 bits per heavy atom. The van der Waals surface area contributed by atoms with Crippen LogP contribution in [0.15, 0.2) is 17.1 Å². The zero-order chi connectivity index (χ0) is 9.84. The minimum absolute atomic E-state index is 0.173. The number of carbonyl (C=O) groups excluding carboxylic acids is 2. The summed E-state index contributed by atoms with van der Waals surface area (Å²) in [6, 6.07) is 3.29. The van der Waals surface area contributed by atoms with E-state index < -0.39 is 5.91 Å². The minimum Gasteiger partial charge on any atom is -0.264 e. The fourth-order valence-corrected chi connectivity index (χ4v) is 0.848. The first-order valence-electron chi connectivity index (χ1n) is 3.71. The first-order chi connectivity index (χ1) is 6.15. The fraction of sp³-hybridized carbons (Fsp3) is 0.222. The van der Waals surface area contributed by atoms with Gasteiger partial charge in [-0.05, 0) is 25.5 Å². The lowest BCUT2D eigenvalue weighted by molar-refractivity contribution is 0.0998. The normalized spacial score (nSPS) is 9.08. The summed E-state index contributed by atoms with van der Waals surface area (Å²) >= 11 is 0. The van der Waals surface area contributed by atoms with Crippen molar-refractivity contribution in [3.05, 3.63) is 29.1 Å². The standard InChI is InChI=1S/C9H8N2O2/c1-6-3-4-8(11-7(6)2)9(13)10-5-12/h3-4H,1-2H3. The average Bonchev–Trinajstić information content (AvgIpc) is 2.10. The van der Waals surface area contributed by atoms with E-state index in [4.69, 9.17) is 0 Å². The third-order valence-electron chi connectivity index (χ3n) is 1.72. The van der Waals surface area contributed by atoms with Crippen LogP contribution in [0.4, 0.5) is 0 Å². The smallest absolute Gasteiger partial charge is 0.264 e. The molecule has 0 spiro atoms. The van der Waals surface area contributed by atoms with Crippen LogP contribution in [0.5, 0.6) is 0 Å². The van der Waals surface area contributed by atoms with E-state index in [1.807, 2.05) is 6.92 Å². The maximum absolute atomic E-state index is 11.0. The van der Waals surface area contributed by atoms with Crippen molar-refractivity contribution in [3.63, 3.8) is 0 Å². The molecule has 0 aliphatic heterocycles. The van der Waals surface area contributed by atoms with Crippen molar-refractivity contribution in [2.45, 2.75) is 13.8 Å². The Hall–Kier alpha value is -1.80. The van der Waals surface area contributed by atoms with E-state index in [0.717, 1.165) is 11.3 Å². The third-order valence-corrected chi connectivity index (χ3v) is 1.72.